The third-order valence-electron chi connectivity index (χ3n) is 3.80. The first-order valence-corrected chi connectivity index (χ1v) is 9.39. The van der Waals surface area contributed by atoms with Crippen LogP contribution in [0.1, 0.15) is 18.0 Å². The van der Waals surface area contributed by atoms with Crippen LogP contribution >= 0.6 is 23.8 Å². The van der Waals surface area contributed by atoms with Crippen molar-refractivity contribution in [3.63, 3.8) is 0 Å². The molecule has 0 amide bonds. The fourth-order valence-corrected chi connectivity index (χ4v) is 2.86. The van der Waals surface area contributed by atoms with Gasteiger partial charge >= 0.3 is 5.97 Å². The quantitative estimate of drug-likeness (QED) is 0.476. The molecule has 3 rings (SSSR count). The molecule has 0 saturated heterocycles. The molecule has 3 aromatic rings. The highest BCUT2D eigenvalue weighted by molar-refractivity contribution is 7.80. The first-order chi connectivity index (χ1) is 14.0. The number of nitrogens with zero attached hydrogens (tertiary/aromatic N) is 2. The molecule has 2 aromatic carbocycles. The number of benzene rings is 2. The highest BCUT2D eigenvalue weighted by atomic mass is 35.5. The number of carboxylic acid groups (broad SMARTS) is 1. The lowest BCUT2D eigenvalue weighted by atomic mass is 10.0. The average molecular weight is 429 g/mol. The van der Waals surface area contributed by atoms with E-state index in [9.17, 15) is 9.90 Å². The summed E-state index contributed by atoms with van der Waals surface area (Å²) in [6, 6.07) is 18.9. The number of anilines is 1. The normalized spacial score (nSPS) is 11.3. The molecule has 29 heavy (non-hydrogen) atoms. The second-order valence-electron chi connectivity index (χ2n) is 5.97. The number of carboxylic acids is 1. The van der Waals surface area contributed by atoms with E-state index < -0.39 is 12.0 Å². The van der Waals surface area contributed by atoms with Gasteiger partial charge in [0.15, 0.2) is 10.9 Å². The molecule has 0 spiro atoms. The van der Waals surface area contributed by atoms with Crippen LogP contribution in [0.25, 0.3) is 0 Å². The molecule has 1 aromatic heterocycles. The van der Waals surface area contributed by atoms with Crippen molar-refractivity contribution in [3.05, 3.63) is 77.3 Å². The number of rotatable bonds is 7. The van der Waals surface area contributed by atoms with Crippen molar-refractivity contribution in [1.29, 1.82) is 0 Å². The van der Waals surface area contributed by atoms with Crippen LogP contribution in [0.2, 0.25) is 5.02 Å². The molecular formula is C20H17ClN4O3S. The zero-order valence-corrected chi connectivity index (χ0v) is 16.7. The van der Waals surface area contributed by atoms with E-state index in [-0.39, 0.29) is 11.5 Å². The molecule has 3 N–H and O–H groups in total. The number of thiocarbonyl (C=S) groups is 1. The van der Waals surface area contributed by atoms with E-state index in [4.69, 9.17) is 28.6 Å². The van der Waals surface area contributed by atoms with Crippen molar-refractivity contribution in [2.45, 2.75) is 12.5 Å². The molecule has 7 nitrogen and oxygen atoms in total. The maximum Gasteiger partial charge on any atom is 0.305 e. The van der Waals surface area contributed by atoms with Crippen molar-refractivity contribution < 1.29 is 14.6 Å². The van der Waals surface area contributed by atoms with Gasteiger partial charge in [0.2, 0.25) is 5.88 Å². The zero-order chi connectivity index (χ0) is 20.6. The number of aromatic nitrogens is 2. The second kappa shape index (κ2) is 9.81. The first kappa shape index (κ1) is 20.5. The summed E-state index contributed by atoms with van der Waals surface area (Å²) in [6.45, 7) is 0. The van der Waals surface area contributed by atoms with Gasteiger partial charge in [0.05, 0.1) is 12.5 Å². The minimum atomic E-state index is -0.956. The average Bonchev–Trinajstić information content (AvgIpc) is 2.70. The Bertz CT molecular complexity index is 969. The van der Waals surface area contributed by atoms with Gasteiger partial charge in [-0.15, -0.1) is 10.2 Å². The number of para-hydroxylation sites is 1. The zero-order valence-electron chi connectivity index (χ0n) is 15.1. The Kier molecular flexibility index (Phi) is 6.94. The van der Waals surface area contributed by atoms with Crippen molar-refractivity contribution in [2.75, 3.05) is 5.32 Å². The van der Waals surface area contributed by atoms with Gasteiger partial charge < -0.3 is 20.5 Å². The Balaban J connectivity index is 1.62. The maximum absolute atomic E-state index is 11.2. The Morgan fingerprint density at radius 1 is 1.07 bits per heavy atom. The third-order valence-corrected chi connectivity index (χ3v) is 4.28. The van der Waals surface area contributed by atoms with E-state index in [0.29, 0.717) is 22.5 Å². The topological polar surface area (TPSA) is 96.4 Å². The van der Waals surface area contributed by atoms with Crippen LogP contribution < -0.4 is 15.4 Å². The van der Waals surface area contributed by atoms with E-state index in [1.807, 2.05) is 30.3 Å². The Hall–Kier alpha value is -3.23. The van der Waals surface area contributed by atoms with E-state index in [1.165, 1.54) is 0 Å². The van der Waals surface area contributed by atoms with Crippen LogP contribution in [-0.4, -0.2) is 26.4 Å². The van der Waals surface area contributed by atoms with Gasteiger partial charge in [-0.1, -0.05) is 41.9 Å². The SMILES string of the molecule is O=C(O)CC(NC(=S)Nc1ccc(Oc2ccccc2)nn1)c1ccc(Cl)cc1. The fraction of sp³-hybridized carbons (Fsp3) is 0.100. The van der Waals surface area contributed by atoms with Gasteiger partial charge in [-0.2, -0.15) is 0 Å². The molecule has 0 fully saturated rings. The number of nitrogens with one attached hydrogen (secondary N) is 2. The predicted molar refractivity (Wildman–Crippen MR) is 114 cm³/mol. The molecule has 0 radical (unpaired) electrons. The highest BCUT2D eigenvalue weighted by Gasteiger charge is 2.17. The summed E-state index contributed by atoms with van der Waals surface area (Å²) < 4.78 is 5.59. The lowest BCUT2D eigenvalue weighted by Gasteiger charge is -2.19. The summed E-state index contributed by atoms with van der Waals surface area (Å²) in [7, 11) is 0. The van der Waals surface area contributed by atoms with E-state index in [2.05, 4.69) is 20.8 Å². The Morgan fingerprint density at radius 3 is 2.41 bits per heavy atom. The lowest BCUT2D eigenvalue weighted by molar-refractivity contribution is -0.137. The maximum atomic E-state index is 11.2. The first-order valence-electron chi connectivity index (χ1n) is 8.61. The van der Waals surface area contributed by atoms with E-state index >= 15 is 0 Å². The Labute approximate surface area is 177 Å². The molecule has 0 aliphatic rings. The number of hydrogen-bond acceptors (Lipinski definition) is 5. The van der Waals surface area contributed by atoms with Crippen LogP contribution in [0.3, 0.4) is 0 Å². The van der Waals surface area contributed by atoms with Crippen LogP contribution in [0.5, 0.6) is 11.6 Å². The van der Waals surface area contributed by atoms with Crippen molar-refractivity contribution in [3.8, 4) is 11.6 Å². The lowest BCUT2D eigenvalue weighted by Crippen LogP contribution is -2.33. The molecule has 1 unspecified atom stereocenters. The number of halogens is 1. The number of ether oxygens (including phenoxy) is 1. The van der Waals surface area contributed by atoms with Gasteiger partial charge in [0, 0.05) is 11.1 Å². The van der Waals surface area contributed by atoms with Crippen molar-refractivity contribution >= 4 is 40.7 Å². The minimum absolute atomic E-state index is 0.154. The summed E-state index contributed by atoms with van der Waals surface area (Å²) in [5.74, 6) is 0.431. The van der Waals surface area contributed by atoms with Gasteiger partial charge in [-0.25, -0.2) is 0 Å². The van der Waals surface area contributed by atoms with Crippen LogP contribution in [-0.2, 0) is 4.79 Å². The molecular weight excluding hydrogens is 412 g/mol. The molecule has 9 heteroatoms. The molecule has 0 aliphatic carbocycles. The summed E-state index contributed by atoms with van der Waals surface area (Å²) in [5.41, 5.74) is 0.749. The fourth-order valence-electron chi connectivity index (χ4n) is 2.48. The highest BCUT2D eigenvalue weighted by Crippen LogP contribution is 2.21. The molecule has 148 valence electrons. The van der Waals surface area contributed by atoms with Gasteiger partial charge in [0.1, 0.15) is 5.75 Å². The van der Waals surface area contributed by atoms with E-state index in [1.54, 1.807) is 36.4 Å². The molecule has 0 aliphatic heterocycles. The number of hydrogen-bond donors (Lipinski definition) is 3. The molecule has 0 saturated carbocycles. The van der Waals surface area contributed by atoms with Crippen LogP contribution in [0.15, 0.2) is 66.7 Å². The second-order valence-corrected chi connectivity index (χ2v) is 6.82. The summed E-state index contributed by atoms with van der Waals surface area (Å²) >= 11 is 11.2. The van der Waals surface area contributed by atoms with Crippen molar-refractivity contribution in [2.24, 2.45) is 0 Å². The monoisotopic (exact) mass is 428 g/mol. The summed E-state index contributed by atoms with van der Waals surface area (Å²) in [4.78, 5) is 11.2. The predicted octanol–water partition coefficient (Wildman–Crippen LogP) is 4.42. The molecule has 1 heterocycles. The largest absolute Gasteiger partial charge is 0.481 e. The minimum Gasteiger partial charge on any atom is -0.481 e. The summed E-state index contributed by atoms with van der Waals surface area (Å²) in [6.07, 6.45) is -0.154. The van der Waals surface area contributed by atoms with Gasteiger partial charge in [-0.3, -0.25) is 4.79 Å². The number of aliphatic carboxylic acids is 1. The Morgan fingerprint density at radius 2 is 1.79 bits per heavy atom. The van der Waals surface area contributed by atoms with E-state index in [0.717, 1.165) is 5.56 Å². The van der Waals surface area contributed by atoms with Gasteiger partial charge in [0.25, 0.3) is 0 Å². The smallest absolute Gasteiger partial charge is 0.305 e. The standard InChI is InChI=1S/C20H17ClN4O3S/c21-14-8-6-13(7-9-14)16(12-19(26)27)22-20(29)23-17-10-11-18(25-24-17)28-15-4-2-1-3-5-15/h1-11,16H,12H2,(H,26,27)(H2,22,23,24,29). The number of carbonyl (C=O) groups is 1. The molecule has 0 bridgehead atoms. The van der Waals surface area contributed by atoms with Crippen molar-refractivity contribution in [1.82, 2.24) is 15.5 Å². The van der Waals surface area contributed by atoms with Crippen LogP contribution in [0.4, 0.5) is 5.82 Å². The molecule has 1 atom stereocenters. The van der Waals surface area contributed by atoms with Gasteiger partial charge in [-0.05, 0) is 48.1 Å². The van der Waals surface area contributed by atoms with Crippen LogP contribution in [0, 0.1) is 0 Å². The third kappa shape index (κ3) is 6.41. The summed E-state index contributed by atoms with van der Waals surface area (Å²) in [5, 5.41) is 23.9.